The lowest BCUT2D eigenvalue weighted by Crippen LogP contribution is -2.13. The molecule has 1 saturated heterocycles. The van der Waals surface area contributed by atoms with Gasteiger partial charge in [-0.05, 0) is 30.6 Å². The van der Waals surface area contributed by atoms with E-state index in [1.807, 2.05) is 0 Å². The normalized spacial score (nSPS) is 56.0. The Morgan fingerprint density at radius 3 is 2.60 bits per heavy atom. The van der Waals surface area contributed by atoms with Gasteiger partial charge in [0.25, 0.3) is 0 Å². The Morgan fingerprint density at radius 2 is 2.10 bits per heavy atom. The van der Waals surface area contributed by atoms with E-state index in [9.17, 15) is 0 Å². The lowest BCUT2D eigenvalue weighted by molar-refractivity contribution is 0.298. The van der Waals surface area contributed by atoms with Gasteiger partial charge in [-0.25, -0.2) is 0 Å². The highest BCUT2D eigenvalue weighted by molar-refractivity contribution is 5.12. The first-order valence-electron chi connectivity index (χ1n) is 4.23. The summed E-state index contributed by atoms with van der Waals surface area (Å²) in [5, 5.41) is 0. The molecule has 3 aliphatic rings. The Balaban J connectivity index is 1.83. The van der Waals surface area contributed by atoms with Gasteiger partial charge in [-0.3, -0.25) is 0 Å². The van der Waals surface area contributed by atoms with Crippen LogP contribution in [0.5, 0.6) is 0 Å². The summed E-state index contributed by atoms with van der Waals surface area (Å²) in [7, 11) is 0. The van der Waals surface area contributed by atoms with Crippen molar-refractivity contribution in [2.24, 2.45) is 17.8 Å². The number of hydrogen-bond acceptors (Lipinski definition) is 1. The van der Waals surface area contributed by atoms with Crippen LogP contribution in [0.25, 0.3) is 0 Å². The average Bonchev–Trinajstić information content (AvgIpc) is 2.60. The summed E-state index contributed by atoms with van der Waals surface area (Å²) in [5.74, 6) is 2.70. The molecule has 0 aromatic heterocycles. The van der Waals surface area contributed by atoms with Crippen LogP contribution < -0.4 is 0 Å². The first kappa shape index (κ1) is 5.36. The Bertz CT molecular complexity index is 181. The SMILES string of the molecule is C1=CC2CC1CC2[C@H]1CO1. The van der Waals surface area contributed by atoms with Gasteiger partial charge in [0.05, 0.1) is 12.7 Å². The zero-order valence-corrected chi connectivity index (χ0v) is 5.99. The summed E-state index contributed by atoms with van der Waals surface area (Å²) in [5.41, 5.74) is 0. The largest absolute Gasteiger partial charge is 0.373 e. The minimum Gasteiger partial charge on any atom is -0.373 e. The van der Waals surface area contributed by atoms with E-state index in [0.29, 0.717) is 6.10 Å². The Labute approximate surface area is 61.1 Å². The molecule has 0 amide bonds. The van der Waals surface area contributed by atoms with E-state index in [1.54, 1.807) is 0 Å². The van der Waals surface area contributed by atoms with Crippen molar-refractivity contribution in [3.8, 4) is 0 Å². The van der Waals surface area contributed by atoms with Gasteiger partial charge in [-0.1, -0.05) is 12.2 Å². The number of epoxide rings is 1. The molecular weight excluding hydrogens is 124 g/mol. The summed E-state index contributed by atoms with van der Waals surface area (Å²) in [6.45, 7) is 1.04. The molecule has 0 aromatic rings. The molecule has 4 atom stereocenters. The molecular formula is C9H12O. The molecule has 1 aliphatic heterocycles. The minimum absolute atomic E-state index is 0.653. The highest BCUT2D eigenvalue weighted by atomic mass is 16.6. The molecule has 2 fully saturated rings. The van der Waals surface area contributed by atoms with Crippen molar-refractivity contribution in [1.82, 2.24) is 0 Å². The van der Waals surface area contributed by atoms with E-state index in [4.69, 9.17) is 4.74 Å². The second kappa shape index (κ2) is 1.65. The quantitative estimate of drug-likeness (QED) is 0.394. The van der Waals surface area contributed by atoms with Crippen LogP contribution in [0, 0.1) is 17.8 Å². The third kappa shape index (κ3) is 0.615. The first-order valence-corrected chi connectivity index (χ1v) is 4.23. The zero-order valence-electron chi connectivity index (χ0n) is 5.99. The molecule has 0 radical (unpaired) electrons. The maximum Gasteiger partial charge on any atom is 0.0843 e. The predicted molar refractivity (Wildman–Crippen MR) is 38.6 cm³/mol. The van der Waals surface area contributed by atoms with E-state index in [1.165, 1.54) is 12.8 Å². The van der Waals surface area contributed by atoms with Crippen molar-refractivity contribution in [1.29, 1.82) is 0 Å². The Kier molecular flexibility index (Phi) is 0.883. The fourth-order valence-corrected chi connectivity index (χ4v) is 2.55. The van der Waals surface area contributed by atoms with E-state index < -0.39 is 0 Å². The number of rotatable bonds is 1. The van der Waals surface area contributed by atoms with E-state index in [2.05, 4.69) is 12.2 Å². The number of hydrogen-bond donors (Lipinski definition) is 0. The molecule has 10 heavy (non-hydrogen) atoms. The molecule has 0 spiro atoms. The molecule has 54 valence electrons. The number of ether oxygens (including phenoxy) is 1. The topological polar surface area (TPSA) is 12.5 Å². The Hall–Kier alpha value is -0.300. The smallest absolute Gasteiger partial charge is 0.0843 e. The third-order valence-corrected chi connectivity index (χ3v) is 3.17. The highest BCUT2D eigenvalue weighted by Crippen LogP contribution is 2.47. The highest BCUT2D eigenvalue weighted by Gasteiger charge is 2.44. The number of fused-ring (bicyclic) bond motifs is 2. The fourth-order valence-electron chi connectivity index (χ4n) is 2.55. The average molecular weight is 136 g/mol. The first-order chi connectivity index (χ1) is 4.93. The van der Waals surface area contributed by atoms with Gasteiger partial charge in [-0.15, -0.1) is 0 Å². The van der Waals surface area contributed by atoms with Crippen molar-refractivity contribution < 1.29 is 4.74 Å². The van der Waals surface area contributed by atoms with E-state index >= 15 is 0 Å². The summed E-state index contributed by atoms with van der Waals surface area (Å²) in [4.78, 5) is 0. The molecule has 3 rings (SSSR count). The second-order valence-corrected chi connectivity index (χ2v) is 3.82. The van der Waals surface area contributed by atoms with Crippen LogP contribution >= 0.6 is 0 Å². The molecule has 0 N–H and O–H groups in total. The maximum atomic E-state index is 5.31. The fraction of sp³-hybridized carbons (Fsp3) is 0.778. The minimum atomic E-state index is 0.653. The molecule has 2 aliphatic carbocycles. The van der Waals surface area contributed by atoms with E-state index in [-0.39, 0.29) is 0 Å². The monoisotopic (exact) mass is 136 g/mol. The van der Waals surface area contributed by atoms with Crippen LogP contribution in [-0.4, -0.2) is 12.7 Å². The van der Waals surface area contributed by atoms with Crippen molar-refractivity contribution >= 4 is 0 Å². The van der Waals surface area contributed by atoms with Crippen LogP contribution in [0.2, 0.25) is 0 Å². The standard InChI is InChI=1S/C9H12O/c1-2-7-3-6(1)4-8(7)9-5-10-9/h1-2,6-9H,3-5H2/t6?,7?,8?,9-/m1/s1. The summed E-state index contributed by atoms with van der Waals surface area (Å²) in [6.07, 6.45) is 8.28. The molecule has 1 saturated carbocycles. The third-order valence-electron chi connectivity index (χ3n) is 3.17. The lowest BCUT2D eigenvalue weighted by Gasteiger charge is -2.14. The molecule has 1 nitrogen and oxygen atoms in total. The van der Waals surface area contributed by atoms with Gasteiger partial charge in [0, 0.05) is 0 Å². The summed E-state index contributed by atoms with van der Waals surface area (Å²) < 4.78 is 5.31. The number of allylic oxidation sites excluding steroid dienone is 2. The maximum absolute atomic E-state index is 5.31. The van der Waals surface area contributed by atoms with Gasteiger partial charge in [-0.2, -0.15) is 0 Å². The predicted octanol–water partition coefficient (Wildman–Crippen LogP) is 1.60. The van der Waals surface area contributed by atoms with Crippen LogP contribution in [-0.2, 0) is 4.74 Å². The Morgan fingerprint density at radius 1 is 1.20 bits per heavy atom. The van der Waals surface area contributed by atoms with Gasteiger partial charge in [0.15, 0.2) is 0 Å². The lowest BCUT2D eigenvalue weighted by atomic mass is 9.91. The molecule has 1 heteroatoms. The van der Waals surface area contributed by atoms with Gasteiger partial charge >= 0.3 is 0 Å². The van der Waals surface area contributed by atoms with Crippen LogP contribution in [0.4, 0.5) is 0 Å². The van der Waals surface area contributed by atoms with Gasteiger partial charge in [0.1, 0.15) is 0 Å². The second-order valence-electron chi connectivity index (χ2n) is 3.82. The molecule has 3 unspecified atom stereocenters. The molecule has 2 bridgehead atoms. The van der Waals surface area contributed by atoms with Crippen LogP contribution in [0.1, 0.15) is 12.8 Å². The van der Waals surface area contributed by atoms with E-state index in [0.717, 1.165) is 24.4 Å². The van der Waals surface area contributed by atoms with Crippen LogP contribution in [0.15, 0.2) is 12.2 Å². The molecule has 1 heterocycles. The van der Waals surface area contributed by atoms with Gasteiger partial charge < -0.3 is 4.74 Å². The molecule has 0 aromatic carbocycles. The van der Waals surface area contributed by atoms with Crippen molar-refractivity contribution in [2.75, 3.05) is 6.61 Å². The summed E-state index contributed by atoms with van der Waals surface area (Å²) in [6, 6.07) is 0. The van der Waals surface area contributed by atoms with Crippen molar-refractivity contribution in [2.45, 2.75) is 18.9 Å². The zero-order chi connectivity index (χ0) is 6.55. The summed E-state index contributed by atoms with van der Waals surface area (Å²) >= 11 is 0. The van der Waals surface area contributed by atoms with Crippen molar-refractivity contribution in [3.05, 3.63) is 12.2 Å². The van der Waals surface area contributed by atoms with Crippen LogP contribution in [0.3, 0.4) is 0 Å². The van der Waals surface area contributed by atoms with Gasteiger partial charge in [0.2, 0.25) is 0 Å². The van der Waals surface area contributed by atoms with Crippen molar-refractivity contribution in [3.63, 3.8) is 0 Å².